The van der Waals surface area contributed by atoms with E-state index in [4.69, 9.17) is 15.2 Å². The molecule has 1 aliphatic rings. The highest BCUT2D eigenvalue weighted by molar-refractivity contribution is 14.0. The maximum Gasteiger partial charge on any atom is 0.193 e. The summed E-state index contributed by atoms with van der Waals surface area (Å²) in [5.74, 6) is 1.82. The molecule has 0 amide bonds. The molecule has 0 saturated carbocycles. The molecule has 1 aliphatic heterocycles. The number of para-hydroxylation sites is 1. The first-order valence-electron chi connectivity index (χ1n) is 10.8. The number of nitrogens with one attached hydrogen (secondary N) is 1. The molecule has 2 aromatic rings. The number of nitrogens with zero attached hydrogens (tertiary/aromatic N) is 2. The van der Waals surface area contributed by atoms with Gasteiger partial charge in [-0.1, -0.05) is 44.2 Å². The van der Waals surface area contributed by atoms with Gasteiger partial charge in [-0.05, 0) is 36.1 Å². The molecule has 31 heavy (non-hydrogen) atoms. The Balaban J connectivity index is 0.00000341. The summed E-state index contributed by atoms with van der Waals surface area (Å²) >= 11 is 0. The number of anilines is 1. The molecule has 0 spiro atoms. The molecule has 3 N–H and O–H groups in total. The molecule has 0 aliphatic carbocycles. The van der Waals surface area contributed by atoms with Gasteiger partial charge in [-0.2, -0.15) is 0 Å². The number of morpholine rings is 1. The number of hydrogen-bond acceptors (Lipinski definition) is 4. The van der Waals surface area contributed by atoms with Gasteiger partial charge in [0.05, 0.1) is 19.8 Å². The molecule has 1 atom stereocenters. The minimum atomic E-state index is 0. The van der Waals surface area contributed by atoms with Crippen LogP contribution in [0.25, 0.3) is 0 Å². The van der Waals surface area contributed by atoms with E-state index in [-0.39, 0.29) is 24.0 Å². The fraction of sp³-hybridized carbons (Fsp3) is 0.458. The van der Waals surface area contributed by atoms with Crippen LogP contribution < -0.4 is 15.8 Å². The monoisotopic (exact) mass is 538 g/mol. The Labute approximate surface area is 203 Å². The summed E-state index contributed by atoms with van der Waals surface area (Å²) in [5, 5.41) is 3.17. The molecule has 170 valence electrons. The summed E-state index contributed by atoms with van der Waals surface area (Å²) in [7, 11) is 0. The molecular weight excluding hydrogens is 503 g/mol. The van der Waals surface area contributed by atoms with Crippen LogP contribution >= 0.6 is 24.0 Å². The van der Waals surface area contributed by atoms with Gasteiger partial charge < -0.3 is 20.5 Å². The minimum Gasteiger partial charge on any atom is -0.492 e. The number of halogens is 1. The van der Waals surface area contributed by atoms with Crippen LogP contribution in [0, 0.1) is 0 Å². The standard InChI is InChI=1S/C24H34N4O2.HI/c1-3-19(2)20-8-10-22(11-9-20)27-24(25)26-18-21-6-4-5-7-23(21)30-17-14-28-12-15-29-16-13-28;/h4-11,19H,3,12-18H2,1-2H3,(H3,25,26,27);1H. The van der Waals surface area contributed by atoms with Crippen molar-refractivity contribution in [3.8, 4) is 5.75 Å². The van der Waals surface area contributed by atoms with Crippen molar-refractivity contribution in [3.63, 3.8) is 0 Å². The van der Waals surface area contributed by atoms with Gasteiger partial charge in [0.25, 0.3) is 0 Å². The number of guanidine groups is 1. The van der Waals surface area contributed by atoms with Crippen molar-refractivity contribution in [1.82, 2.24) is 4.90 Å². The molecule has 0 bridgehead atoms. The van der Waals surface area contributed by atoms with E-state index in [0.717, 1.165) is 56.3 Å². The first-order valence-corrected chi connectivity index (χ1v) is 10.8. The zero-order chi connectivity index (χ0) is 21.2. The van der Waals surface area contributed by atoms with Crippen molar-refractivity contribution >= 4 is 35.6 Å². The molecule has 7 heteroatoms. The van der Waals surface area contributed by atoms with Gasteiger partial charge in [0, 0.05) is 30.9 Å². The number of nitrogens with two attached hydrogens (primary N) is 1. The van der Waals surface area contributed by atoms with Crippen LogP contribution in [0.15, 0.2) is 53.5 Å². The lowest BCUT2D eigenvalue weighted by Crippen LogP contribution is -2.38. The smallest absolute Gasteiger partial charge is 0.193 e. The van der Waals surface area contributed by atoms with Crippen LogP contribution in [0.4, 0.5) is 5.69 Å². The van der Waals surface area contributed by atoms with Crippen molar-refractivity contribution in [2.75, 3.05) is 44.8 Å². The van der Waals surface area contributed by atoms with Crippen molar-refractivity contribution < 1.29 is 9.47 Å². The van der Waals surface area contributed by atoms with Crippen LogP contribution in [-0.2, 0) is 11.3 Å². The van der Waals surface area contributed by atoms with E-state index in [2.05, 4.69) is 41.2 Å². The molecule has 1 heterocycles. The van der Waals surface area contributed by atoms with Gasteiger partial charge in [0.2, 0.25) is 0 Å². The molecule has 2 aromatic carbocycles. The molecule has 1 saturated heterocycles. The van der Waals surface area contributed by atoms with E-state index in [1.165, 1.54) is 5.56 Å². The average molecular weight is 538 g/mol. The first-order chi connectivity index (χ1) is 14.7. The maximum atomic E-state index is 6.10. The maximum absolute atomic E-state index is 6.10. The Morgan fingerprint density at radius 1 is 1.16 bits per heavy atom. The van der Waals surface area contributed by atoms with Crippen molar-refractivity contribution in [2.45, 2.75) is 32.7 Å². The van der Waals surface area contributed by atoms with Crippen LogP contribution in [0.2, 0.25) is 0 Å². The molecular formula is C24H35IN4O2. The minimum absolute atomic E-state index is 0. The highest BCUT2D eigenvalue weighted by Crippen LogP contribution is 2.21. The number of ether oxygens (including phenoxy) is 2. The fourth-order valence-corrected chi connectivity index (χ4v) is 3.37. The highest BCUT2D eigenvalue weighted by Gasteiger charge is 2.10. The second-order valence-electron chi connectivity index (χ2n) is 7.67. The second kappa shape index (κ2) is 13.5. The lowest BCUT2D eigenvalue weighted by atomic mass is 9.99. The van der Waals surface area contributed by atoms with Gasteiger partial charge >= 0.3 is 0 Å². The lowest BCUT2D eigenvalue weighted by molar-refractivity contribution is 0.0322. The van der Waals surface area contributed by atoms with E-state index < -0.39 is 0 Å². The average Bonchev–Trinajstić information content (AvgIpc) is 2.79. The zero-order valence-electron chi connectivity index (χ0n) is 18.5. The Kier molecular flexibility index (Phi) is 11.1. The fourth-order valence-electron chi connectivity index (χ4n) is 3.37. The number of aliphatic imine (C=N–C) groups is 1. The van der Waals surface area contributed by atoms with Gasteiger partial charge in [-0.3, -0.25) is 4.90 Å². The number of rotatable bonds is 9. The quantitative estimate of drug-likeness (QED) is 0.281. The van der Waals surface area contributed by atoms with E-state index in [9.17, 15) is 0 Å². The SMILES string of the molecule is CCC(C)c1ccc(NC(N)=NCc2ccccc2OCCN2CCOCC2)cc1.I. The molecule has 0 aromatic heterocycles. The third-order valence-corrected chi connectivity index (χ3v) is 5.53. The molecule has 0 radical (unpaired) electrons. The topological polar surface area (TPSA) is 72.1 Å². The summed E-state index contributed by atoms with van der Waals surface area (Å²) in [4.78, 5) is 6.86. The van der Waals surface area contributed by atoms with Gasteiger partial charge in [0.15, 0.2) is 5.96 Å². The number of benzene rings is 2. The Morgan fingerprint density at radius 3 is 2.58 bits per heavy atom. The highest BCUT2D eigenvalue weighted by atomic mass is 127. The summed E-state index contributed by atoms with van der Waals surface area (Å²) in [6.07, 6.45) is 1.13. The van der Waals surface area contributed by atoms with Gasteiger partial charge in [-0.25, -0.2) is 4.99 Å². The predicted octanol–water partition coefficient (Wildman–Crippen LogP) is 4.46. The summed E-state index contributed by atoms with van der Waals surface area (Å²) < 4.78 is 11.4. The third kappa shape index (κ3) is 8.31. The van der Waals surface area contributed by atoms with Gasteiger partial charge in [-0.15, -0.1) is 24.0 Å². The van der Waals surface area contributed by atoms with Crippen LogP contribution in [0.3, 0.4) is 0 Å². The Hall–Kier alpha value is -1.84. The third-order valence-electron chi connectivity index (χ3n) is 5.53. The Bertz CT molecular complexity index is 807. The van der Waals surface area contributed by atoms with Crippen LogP contribution in [0.1, 0.15) is 37.3 Å². The summed E-state index contributed by atoms with van der Waals surface area (Å²) in [5.41, 5.74) is 9.41. The second-order valence-corrected chi connectivity index (χ2v) is 7.67. The predicted molar refractivity (Wildman–Crippen MR) is 139 cm³/mol. The van der Waals surface area contributed by atoms with E-state index in [1.807, 2.05) is 36.4 Å². The van der Waals surface area contributed by atoms with Crippen molar-refractivity contribution in [2.24, 2.45) is 10.7 Å². The molecule has 3 rings (SSSR count). The first kappa shape index (κ1) is 25.4. The molecule has 6 nitrogen and oxygen atoms in total. The van der Waals surface area contributed by atoms with E-state index in [0.29, 0.717) is 25.0 Å². The van der Waals surface area contributed by atoms with Crippen molar-refractivity contribution in [1.29, 1.82) is 0 Å². The molecule has 1 fully saturated rings. The summed E-state index contributed by atoms with van der Waals surface area (Å²) in [6, 6.07) is 16.4. The van der Waals surface area contributed by atoms with E-state index >= 15 is 0 Å². The lowest BCUT2D eigenvalue weighted by Gasteiger charge is -2.26. The summed E-state index contributed by atoms with van der Waals surface area (Å²) in [6.45, 7) is 10.00. The zero-order valence-corrected chi connectivity index (χ0v) is 20.9. The van der Waals surface area contributed by atoms with Crippen LogP contribution in [-0.4, -0.2) is 50.3 Å². The Morgan fingerprint density at radius 2 is 1.87 bits per heavy atom. The number of hydrogen-bond donors (Lipinski definition) is 2. The van der Waals surface area contributed by atoms with Crippen molar-refractivity contribution in [3.05, 3.63) is 59.7 Å². The van der Waals surface area contributed by atoms with E-state index in [1.54, 1.807) is 0 Å². The molecule has 1 unspecified atom stereocenters. The normalized spacial score (nSPS) is 15.7. The van der Waals surface area contributed by atoms with Crippen LogP contribution in [0.5, 0.6) is 5.75 Å². The van der Waals surface area contributed by atoms with Gasteiger partial charge in [0.1, 0.15) is 12.4 Å². The largest absolute Gasteiger partial charge is 0.492 e.